The van der Waals surface area contributed by atoms with Gasteiger partial charge in [-0.15, -0.1) is 0 Å². The van der Waals surface area contributed by atoms with Gasteiger partial charge in [-0.05, 0) is 36.7 Å². The monoisotopic (exact) mass is 302 g/mol. The zero-order chi connectivity index (χ0) is 15.8. The first-order chi connectivity index (χ1) is 10.7. The van der Waals surface area contributed by atoms with Crippen molar-refractivity contribution >= 4 is 0 Å². The molecule has 0 aliphatic heterocycles. The number of rotatable bonds is 9. The Morgan fingerprint density at radius 2 is 2.00 bits per heavy atom. The van der Waals surface area contributed by atoms with Crippen LogP contribution in [0.15, 0.2) is 42.6 Å². The summed E-state index contributed by atoms with van der Waals surface area (Å²) in [5.41, 5.74) is 2.02. The first kappa shape index (κ1) is 16.6. The third-order valence-corrected chi connectivity index (χ3v) is 3.78. The number of aliphatic hydroxyl groups excluding tert-OH is 1. The van der Waals surface area contributed by atoms with Crippen LogP contribution in [0.25, 0.3) is 11.3 Å². The Bertz CT molecular complexity index is 540. The van der Waals surface area contributed by atoms with Gasteiger partial charge in [0.2, 0.25) is 0 Å². The lowest BCUT2D eigenvalue weighted by atomic mass is 10.1. The number of hydrogen-bond acceptors (Lipinski definition) is 3. The zero-order valence-electron chi connectivity index (χ0n) is 13.4. The van der Waals surface area contributed by atoms with Crippen LogP contribution in [0.5, 0.6) is 5.75 Å². The van der Waals surface area contributed by atoms with Crippen molar-refractivity contribution in [3.8, 4) is 17.0 Å². The van der Waals surface area contributed by atoms with Crippen molar-refractivity contribution in [2.24, 2.45) is 5.92 Å². The van der Waals surface area contributed by atoms with Crippen LogP contribution < -0.4 is 10.1 Å². The van der Waals surface area contributed by atoms with Gasteiger partial charge in [0.05, 0.1) is 0 Å². The van der Waals surface area contributed by atoms with Crippen molar-refractivity contribution in [1.82, 2.24) is 10.3 Å². The molecular weight excluding hydrogens is 276 g/mol. The van der Waals surface area contributed by atoms with Gasteiger partial charge < -0.3 is 20.1 Å². The fraction of sp³-hybridized carbons (Fsp3) is 0.444. The van der Waals surface area contributed by atoms with Gasteiger partial charge in [-0.25, -0.2) is 0 Å². The summed E-state index contributed by atoms with van der Waals surface area (Å²) in [6.07, 6.45) is 2.52. The van der Waals surface area contributed by atoms with Gasteiger partial charge >= 0.3 is 0 Å². The van der Waals surface area contributed by atoms with Crippen molar-refractivity contribution in [3.63, 3.8) is 0 Å². The standard InChI is InChI=1S/C18H26N2O2/c1-3-14(2)11-19-12-15(21)13-22-18-9-5-4-7-16(18)17-8-6-10-20-17/h4-10,14-15,19-21H,3,11-13H2,1-2H3. The number of hydrogen-bond donors (Lipinski definition) is 3. The first-order valence-corrected chi connectivity index (χ1v) is 7.95. The second kappa shape index (κ2) is 8.61. The van der Waals surface area contributed by atoms with Gasteiger partial charge in [0.1, 0.15) is 18.5 Å². The van der Waals surface area contributed by atoms with Gasteiger partial charge in [0, 0.05) is 24.0 Å². The molecule has 0 saturated heterocycles. The SMILES string of the molecule is CCC(C)CNCC(O)COc1ccccc1-c1ccc[nH]1. The van der Waals surface area contributed by atoms with E-state index in [0.29, 0.717) is 12.5 Å². The summed E-state index contributed by atoms with van der Waals surface area (Å²) < 4.78 is 5.80. The van der Waals surface area contributed by atoms with Crippen LogP contribution >= 0.6 is 0 Å². The van der Waals surface area contributed by atoms with Gasteiger partial charge in [-0.1, -0.05) is 32.4 Å². The largest absolute Gasteiger partial charge is 0.490 e. The molecule has 1 aromatic heterocycles. The molecule has 2 unspecified atom stereocenters. The normalized spacial score (nSPS) is 13.8. The molecule has 1 heterocycles. The Balaban J connectivity index is 1.84. The van der Waals surface area contributed by atoms with Crippen molar-refractivity contribution in [2.75, 3.05) is 19.7 Å². The lowest BCUT2D eigenvalue weighted by molar-refractivity contribution is 0.106. The summed E-state index contributed by atoms with van der Waals surface area (Å²) in [6.45, 7) is 6.12. The molecular formula is C18H26N2O2. The predicted molar refractivity (Wildman–Crippen MR) is 90.1 cm³/mol. The van der Waals surface area contributed by atoms with Crippen LogP contribution in [-0.2, 0) is 0 Å². The van der Waals surface area contributed by atoms with Crippen molar-refractivity contribution in [3.05, 3.63) is 42.6 Å². The van der Waals surface area contributed by atoms with E-state index in [1.165, 1.54) is 0 Å². The van der Waals surface area contributed by atoms with Crippen LogP contribution in [0.2, 0.25) is 0 Å². The molecule has 2 atom stereocenters. The lowest BCUT2D eigenvalue weighted by Gasteiger charge is -2.16. The average molecular weight is 302 g/mol. The highest BCUT2D eigenvalue weighted by Crippen LogP contribution is 2.28. The van der Waals surface area contributed by atoms with E-state index in [4.69, 9.17) is 4.74 Å². The van der Waals surface area contributed by atoms with E-state index in [9.17, 15) is 5.11 Å². The van der Waals surface area contributed by atoms with Gasteiger partial charge in [-0.3, -0.25) is 0 Å². The van der Waals surface area contributed by atoms with E-state index in [-0.39, 0.29) is 6.61 Å². The summed E-state index contributed by atoms with van der Waals surface area (Å²) in [7, 11) is 0. The van der Waals surface area contributed by atoms with E-state index >= 15 is 0 Å². The molecule has 2 aromatic rings. The quantitative estimate of drug-likeness (QED) is 0.667. The molecule has 0 spiro atoms. The topological polar surface area (TPSA) is 57.3 Å². The fourth-order valence-electron chi connectivity index (χ4n) is 2.20. The Kier molecular flexibility index (Phi) is 6.49. The van der Waals surface area contributed by atoms with Crippen LogP contribution in [-0.4, -0.2) is 35.9 Å². The minimum absolute atomic E-state index is 0.283. The molecule has 0 aliphatic carbocycles. The smallest absolute Gasteiger partial charge is 0.128 e. The van der Waals surface area contributed by atoms with Gasteiger partial charge in [-0.2, -0.15) is 0 Å². The van der Waals surface area contributed by atoms with Gasteiger partial charge in [0.25, 0.3) is 0 Å². The van der Waals surface area contributed by atoms with E-state index in [2.05, 4.69) is 24.1 Å². The van der Waals surface area contributed by atoms with Crippen molar-refractivity contribution < 1.29 is 9.84 Å². The number of aromatic nitrogens is 1. The summed E-state index contributed by atoms with van der Waals surface area (Å²) in [4.78, 5) is 3.18. The highest BCUT2D eigenvalue weighted by molar-refractivity contribution is 5.67. The molecule has 0 saturated carbocycles. The molecule has 2 rings (SSSR count). The Morgan fingerprint density at radius 1 is 1.18 bits per heavy atom. The Morgan fingerprint density at radius 3 is 2.73 bits per heavy atom. The maximum atomic E-state index is 10.0. The molecule has 4 nitrogen and oxygen atoms in total. The van der Waals surface area contributed by atoms with E-state index < -0.39 is 6.10 Å². The molecule has 0 fully saturated rings. The van der Waals surface area contributed by atoms with E-state index in [1.807, 2.05) is 42.6 Å². The number of nitrogens with one attached hydrogen (secondary N) is 2. The third kappa shape index (κ3) is 4.90. The average Bonchev–Trinajstić information content (AvgIpc) is 3.07. The highest BCUT2D eigenvalue weighted by Gasteiger charge is 2.10. The second-order valence-corrected chi connectivity index (χ2v) is 5.72. The molecule has 4 heteroatoms. The number of aromatic amines is 1. The fourth-order valence-corrected chi connectivity index (χ4v) is 2.20. The highest BCUT2D eigenvalue weighted by atomic mass is 16.5. The van der Waals surface area contributed by atoms with Gasteiger partial charge in [0.15, 0.2) is 0 Å². The van der Waals surface area contributed by atoms with Crippen molar-refractivity contribution in [2.45, 2.75) is 26.4 Å². The number of H-pyrrole nitrogens is 1. The molecule has 120 valence electrons. The van der Waals surface area contributed by atoms with Crippen LogP contribution in [0.1, 0.15) is 20.3 Å². The lowest BCUT2D eigenvalue weighted by Crippen LogP contribution is -2.33. The van der Waals surface area contributed by atoms with Crippen LogP contribution in [0.4, 0.5) is 0 Å². The summed E-state index contributed by atoms with van der Waals surface area (Å²) in [5, 5.41) is 13.3. The molecule has 22 heavy (non-hydrogen) atoms. The number of benzene rings is 1. The summed E-state index contributed by atoms with van der Waals surface area (Å²) >= 11 is 0. The maximum Gasteiger partial charge on any atom is 0.128 e. The molecule has 1 aromatic carbocycles. The molecule has 0 radical (unpaired) electrons. The maximum absolute atomic E-state index is 10.0. The molecule has 0 bridgehead atoms. The summed E-state index contributed by atoms with van der Waals surface area (Å²) in [6, 6.07) is 11.8. The Hall–Kier alpha value is -1.78. The number of aliphatic hydroxyl groups is 1. The minimum Gasteiger partial charge on any atom is -0.490 e. The van der Waals surface area contributed by atoms with E-state index in [1.54, 1.807) is 0 Å². The van der Waals surface area contributed by atoms with E-state index in [0.717, 1.165) is 30.0 Å². The molecule has 3 N–H and O–H groups in total. The summed E-state index contributed by atoms with van der Waals surface area (Å²) in [5.74, 6) is 1.41. The Labute approximate surface area is 132 Å². The van der Waals surface area contributed by atoms with Crippen LogP contribution in [0.3, 0.4) is 0 Å². The number of ether oxygens (including phenoxy) is 1. The minimum atomic E-state index is -0.513. The van der Waals surface area contributed by atoms with Crippen molar-refractivity contribution in [1.29, 1.82) is 0 Å². The molecule has 0 amide bonds. The molecule has 0 aliphatic rings. The predicted octanol–water partition coefficient (Wildman–Crippen LogP) is 3.06. The van der Waals surface area contributed by atoms with Crippen LogP contribution in [0, 0.1) is 5.92 Å². The second-order valence-electron chi connectivity index (χ2n) is 5.72. The first-order valence-electron chi connectivity index (χ1n) is 7.95. The third-order valence-electron chi connectivity index (χ3n) is 3.78. The number of para-hydroxylation sites is 1. The zero-order valence-corrected chi connectivity index (χ0v) is 13.4.